The van der Waals surface area contributed by atoms with Gasteiger partial charge in [0.05, 0.1) is 7.11 Å². The van der Waals surface area contributed by atoms with Crippen molar-refractivity contribution in [1.82, 2.24) is 0 Å². The summed E-state index contributed by atoms with van der Waals surface area (Å²) < 4.78 is 19.3. The van der Waals surface area contributed by atoms with E-state index in [1.165, 1.54) is 0 Å². The van der Waals surface area contributed by atoms with Crippen molar-refractivity contribution >= 4 is 11.4 Å². The smallest absolute Gasteiger partial charge is 0.133 e. The lowest BCUT2D eigenvalue weighted by Gasteiger charge is -2.06. The number of hydrogen-bond acceptors (Lipinski definition) is 1. The maximum atomic E-state index is 14.3. The van der Waals surface area contributed by atoms with E-state index in [-0.39, 0.29) is 5.83 Å². The van der Waals surface area contributed by atoms with Crippen LogP contribution in [0.2, 0.25) is 0 Å². The first-order valence-corrected chi connectivity index (χ1v) is 5.78. The van der Waals surface area contributed by atoms with Gasteiger partial charge in [-0.2, -0.15) is 0 Å². The number of methoxy groups -OCH3 is 1. The number of ether oxygens (including phenoxy) is 1. The van der Waals surface area contributed by atoms with Gasteiger partial charge in [0.2, 0.25) is 0 Å². The fourth-order valence-corrected chi connectivity index (χ4v) is 1.77. The monoisotopic (exact) mass is 242 g/mol. The zero-order valence-electron chi connectivity index (χ0n) is 10.5. The summed E-state index contributed by atoms with van der Waals surface area (Å²) in [6, 6.07) is 16.5. The molecule has 0 bridgehead atoms. The Bertz CT molecular complexity index is 541. The number of benzene rings is 2. The Labute approximate surface area is 107 Å². The predicted octanol–water partition coefficient (Wildman–Crippen LogP) is 4.55. The highest BCUT2D eigenvalue weighted by Gasteiger charge is 2.07. The van der Waals surface area contributed by atoms with Gasteiger partial charge in [-0.05, 0) is 42.3 Å². The topological polar surface area (TPSA) is 9.23 Å². The third kappa shape index (κ3) is 2.59. The summed E-state index contributed by atoms with van der Waals surface area (Å²) in [5.41, 5.74) is 2.10. The van der Waals surface area contributed by atoms with Crippen molar-refractivity contribution in [2.24, 2.45) is 0 Å². The Morgan fingerprint density at radius 1 is 0.889 bits per heavy atom. The first-order chi connectivity index (χ1) is 8.72. The van der Waals surface area contributed by atoms with E-state index in [2.05, 4.69) is 0 Å². The molecule has 92 valence electrons. The summed E-state index contributed by atoms with van der Waals surface area (Å²) >= 11 is 0. The normalized spacial score (nSPS) is 11.9. The molecule has 0 atom stereocenters. The van der Waals surface area contributed by atoms with Crippen LogP contribution in [0.25, 0.3) is 11.4 Å². The van der Waals surface area contributed by atoms with Crippen LogP contribution >= 0.6 is 0 Å². The fourth-order valence-electron chi connectivity index (χ4n) is 1.77. The van der Waals surface area contributed by atoms with Crippen LogP contribution in [0, 0.1) is 0 Å². The van der Waals surface area contributed by atoms with Crippen LogP contribution in [0.3, 0.4) is 0 Å². The second-order valence-electron chi connectivity index (χ2n) is 4.03. The Balaban J connectivity index is 2.37. The van der Waals surface area contributed by atoms with Gasteiger partial charge in [0.1, 0.15) is 11.6 Å². The minimum Gasteiger partial charge on any atom is -0.497 e. The number of rotatable bonds is 3. The molecule has 0 unspecified atom stereocenters. The second-order valence-corrected chi connectivity index (χ2v) is 4.03. The molecule has 0 aliphatic rings. The Kier molecular flexibility index (Phi) is 3.78. The summed E-state index contributed by atoms with van der Waals surface area (Å²) in [4.78, 5) is 0. The van der Waals surface area contributed by atoms with Crippen LogP contribution < -0.4 is 4.74 Å². The highest BCUT2D eigenvalue weighted by Crippen LogP contribution is 2.28. The molecule has 0 amide bonds. The fraction of sp³-hybridized carbons (Fsp3) is 0.125. The molecule has 2 aromatic carbocycles. The number of allylic oxidation sites excluding steroid dienone is 1. The molecule has 0 N–H and O–H groups in total. The van der Waals surface area contributed by atoms with Gasteiger partial charge in [0.25, 0.3) is 0 Å². The maximum absolute atomic E-state index is 14.3. The van der Waals surface area contributed by atoms with Gasteiger partial charge in [-0.1, -0.05) is 30.3 Å². The third-order valence-corrected chi connectivity index (χ3v) is 2.88. The summed E-state index contributed by atoms with van der Waals surface area (Å²) in [5, 5.41) is 0. The van der Waals surface area contributed by atoms with E-state index in [1.807, 2.05) is 30.3 Å². The van der Waals surface area contributed by atoms with Gasteiger partial charge in [-0.3, -0.25) is 0 Å². The van der Waals surface area contributed by atoms with Crippen molar-refractivity contribution in [1.29, 1.82) is 0 Å². The average Bonchev–Trinajstić information content (AvgIpc) is 2.47. The van der Waals surface area contributed by atoms with Gasteiger partial charge >= 0.3 is 0 Å². The summed E-state index contributed by atoms with van der Waals surface area (Å²) in [6.45, 7) is 1.79. The van der Waals surface area contributed by atoms with E-state index in [0.717, 1.165) is 11.3 Å². The molecule has 0 aliphatic carbocycles. The Morgan fingerprint density at radius 2 is 1.50 bits per heavy atom. The lowest BCUT2D eigenvalue weighted by Crippen LogP contribution is -1.86. The Hall–Kier alpha value is -2.09. The van der Waals surface area contributed by atoms with E-state index in [4.69, 9.17) is 4.74 Å². The van der Waals surface area contributed by atoms with Crippen molar-refractivity contribution in [3.8, 4) is 5.75 Å². The first-order valence-electron chi connectivity index (χ1n) is 5.78. The average molecular weight is 242 g/mol. The zero-order chi connectivity index (χ0) is 13.0. The number of hydrogen-bond donors (Lipinski definition) is 0. The summed E-state index contributed by atoms with van der Waals surface area (Å²) in [6.07, 6.45) is 0. The highest BCUT2D eigenvalue weighted by molar-refractivity contribution is 5.86. The number of halogens is 1. The molecular formula is C16H15FO. The van der Waals surface area contributed by atoms with Crippen LogP contribution in [0.5, 0.6) is 5.75 Å². The molecule has 0 radical (unpaired) electrons. The van der Waals surface area contributed by atoms with E-state index < -0.39 is 0 Å². The van der Waals surface area contributed by atoms with Gasteiger partial charge < -0.3 is 4.74 Å². The molecule has 0 aromatic heterocycles. The molecule has 2 aromatic rings. The molecule has 0 fully saturated rings. The van der Waals surface area contributed by atoms with Crippen LogP contribution in [-0.4, -0.2) is 7.11 Å². The maximum Gasteiger partial charge on any atom is 0.133 e. The minimum absolute atomic E-state index is 0.205. The zero-order valence-corrected chi connectivity index (χ0v) is 10.5. The van der Waals surface area contributed by atoms with Gasteiger partial charge in [-0.15, -0.1) is 0 Å². The lowest BCUT2D eigenvalue weighted by molar-refractivity contribution is 0.414. The van der Waals surface area contributed by atoms with Crippen molar-refractivity contribution < 1.29 is 9.13 Å². The van der Waals surface area contributed by atoms with Gasteiger partial charge in [-0.25, -0.2) is 4.39 Å². The molecule has 2 heteroatoms. The van der Waals surface area contributed by atoms with Crippen molar-refractivity contribution in [3.05, 3.63) is 65.7 Å². The molecule has 1 nitrogen and oxygen atoms in total. The van der Waals surface area contributed by atoms with Crippen molar-refractivity contribution in [3.63, 3.8) is 0 Å². The van der Waals surface area contributed by atoms with Crippen LogP contribution in [-0.2, 0) is 0 Å². The lowest BCUT2D eigenvalue weighted by atomic mass is 10.0. The molecule has 0 heterocycles. The third-order valence-electron chi connectivity index (χ3n) is 2.88. The molecule has 0 aliphatic heterocycles. The van der Waals surface area contributed by atoms with E-state index >= 15 is 0 Å². The quantitative estimate of drug-likeness (QED) is 0.717. The van der Waals surface area contributed by atoms with Gasteiger partial charge in [0, 0.05) is 5.56 Å². The van der Waals surface area contributed by atoms with Crippen LogP contribution in [0.1, 0.15) is 18.1 Å². The molecule has 2 rings (SSSR count). The largest absolute Gasteiger partial charge is 0.497 e. The van der Waals surface area contributed by atoms with E-state index in [0.29, 0.717) is 11.1 Å². The summed E-state index contributed by atoms with van der Waals surface area (Å²) in [7, 11) is 1.59. The van der Waals surface area contributed by atoms with Crippen molar-refractivity contribution in [2.45, 2.75) is 6.92 Å². The van der Waals surface area contributed by atoms with E-state index in [1.54, 1.807) is 38.3 Å². The molecule has 0 saturated carbocycles. The predicted molar refractivity (Wildman–Crippen MR) is 73.0 cm³/mol. The SMILES string of the molecule is COc1ccc(/C(F)=C(\C)c2ccccc2)cc1. The summed E-state index contributed by atoms with van der Waals surface area (Å²) in [5.74, 6) is 0.521. The molecular weight excluding hydrogens is 227 g/mol. The van der Waals surface area contributed by atoms with Gasteiger partial charge in [0.15, 0.2) is 0 Å². The Morgan fingerprint density at radius 3 is 2.06 bits per heavy atom. The first kappa shape index (κ1) is 12.4. The minimum atomic E-state index is -0.205. The molecule has 0 spiro atoms. The molecule has 0 saturated heterocycles. The van der Waals surface area contributed by atoms with Crippen LogP contribution in [0.15, 0.2) is 54.6 Å². The standard InChI is InChI=1S/C16H15FO/c1-12(13-6-4-3-5-7-13)16(17)14-8-10-15(18-2)11-9-14/h3-11H,1-2H3/b16-12-. The highest BCUT2D eigenvalue weighted by atomic mass is 19.1. The second kappa shape index (κ2) is 5.50. The van der Waals surface area contributed by atoms with Crippen molar-refractivity contribution in [2.75, 3.05) is 7.11 Å². The van der Waals surface area contributed by atoms with E-state index in [9.17, 15) is 4.39 Å². The van der Waals surface area contributed by atoms with Crippen LogP contribution in [0.4, 0.5) is 4.39 Å². The molecule has 18 heavy (non-hydrogen) atoms.